The topological polar surface area (TPSA) is 0 Å². The van der Waals surface area contributed by atoms with Crippen molar-refractivity contribution in [1.82, 2.24) is 0 Å². The molecule has 0 unspecified atom stereocenters. The normalized spacial score (nSPS) is 21.0. The molecule has 24 heavy (non-hydrogen) atoms. The highest BCUT2D eigenvalue weighted by Crippen LogP contribution is 2.33. The van der Waals surface area contributed by atoms with Crippen LogP contribution in [-0.4, -0.2) is 0 Å². The lowest BCUT2D eigenvalue weighted by Gasteiger charge is -2.27. The first-order valence-electron chi connectivity index (χ1n) is 9.20. The third-order valence-corrected chi connectivity index (χ3v) is 5.59. The molecule has 0 nitrogen and oxygen atoms in total. The highest BCUT2D eigenvalue weighted by molar-refractivity contribution is 5.63. The fraction of sp³-hybridized carbons (Fsp3) is 0.455. The third-order valence-electron chi connectivity index (χ3n) is 5.59. The van der Waals surface area contributed by atoms with E-state index in [2.05, 4.69) is 19.1 Å². The molecule has 0 aliphatic heterocycles. The number of hydrogen-bond donors (Lipinski definition) is 0. The van der Waals surface area contributed by atoms with Crippen molar-refractivity contribution in [3.63, 3.8) is 0 Å². The zero-order valence-corrected chi connectivity index (χ0v) is 14.4. The maximum atomic E-state index is 13.3. The van der Waals surface area contributed by atoms with Crippen molar-refractivity contribution in [3.05, 3.63) is 59.7 Å². The predicted molar refractivity (Wildman–Crippen MR) is 95.9 cm³/mol. The second-order valence-corrected chi connectivity index (χ2v) is 7.16. The summed E-state index contributed by atoms with van der Waals surface area (Å²) in [5.41, 5.74) is 2.98. The summed E-state index contributed by atoms with van der Waals surface area (Å²) in [7, 11) is 0. The van der Waals surface area contributed by atoms with Gasteiger partial charge in [-0.15, -0.1) is 0 Å². The first-order valence-corrected chi connectivity index (χ1v) is 9.20. The van der Waals surface area contributed by atoms with Gasteiger partial charge < -0.3 is 0 Å². The summed E-state index contributed by atoms with van der Waals surface area (Å²) >= 11 is 0. The average Bonchev–Trinajstić information content (AvgIpc) is 2.63. The van der Waals surface area contributed by atoms with Crippen molar-refractivity contribution in [2.75, 3.05) is 0 Å². The molecule has 1 fully saturated rings. The Kier molecular flexibility index (Phi) is 5.65. The molecule has 1 aliphatic rings. The minimum Gasteiger partial charge on any atom is -0.204 e. The molecule has 0 N–H and O–H groups in total. The Hall–Kier alpha value is -1.70. The van der Waals surface area contributed by atoms with Crippen LogP contribution in [0.5, 0.6) is 0 Å². The van der Waals surface area contributed by atoms with Crippen LogP contribution < -0.4 is 0 Å². The fourth-order valence-corrected chi connectivity index (χ4v) is 3.84. The van der Waals surface area contributed by atoms with E-state index in [1.807, 2.05) is 12.1 Å². The number of halogens is 2. The Balaban J connectivity index is 1.56. The van der Waals surface area contributed by atoms with Gasteiger partial charge >= 0.3 is 0 Å². The summed E-state index contributed by atoms with van der Waals surface area (Å²) in [4.78, 5) is 0. The number of hydrogen-bond acceptors (Lipinski definition) is 0. The van der Waals surface area contributed by atoms with Gasteiger partial charge in [-0.05, 0) is 53.5 Å². The Morgan fingerprint density at radius 2 is 1.42 bits per heavy atom. The summed E-state index contributed by atoms with van der Waals surface area (Å²) in [5.74, 6) is 0.239. The summed E-state index contributed by atoms with van der Waals surface area (Å²) in [5, 5.41) is 0. The Labute approximate surface area is 143 Å². The van der Waals surface area contributed by atoms with Crippen LogP contribution in [0.2, 0.25) is 0 Å². The lowest BCUT2D eigenvalue weighted by molar-refractivity contribution is 0.259. The van der Waals surface area contributed by atoms with Crippen molar-refractivity contribution in [1.29, 1.82) is 0 Å². The van der Waals surface area contributed by atoms with Crippen LogP contribution in [0.4, 0.5) is 8.78 Å². The molecule has 0 atom stereocenters. The Morgan fingerprint density at radius 3 is 2.04 bits per heavy atom. The molecule has 0 heterocycles. The molecule has 0 bridgehead atoms. The smallest absolute Gasteiger partial charge is 0.159 e. The molecular weight excluding hydrogens is 302 g/mol. The molecule has 3 rings (SSSR count). The van der Waals surface area contributed by atoms with Crippen molar-refractivity contribution in [2.24, 2.45) is 11.8 Å². The van der Waals surface area contributed by atoms with Gasteiger partial charge in [-0.3, -0.25) is 0 Å². The molecule has 0 spiro atoms. The van der Waals surface area contributed by atoms with Crippen LogP contribution in [0.1, 0.15) is 51.0 Å². The second kappa shape index (κ2) is 7.92. The summed E-state index contributed by atoms with van der Waals surface area (Å²) in [6, 6.07) is 12.3. The van der Waals surface area contributed by atoms with Crippen molar-refractivity contribution < 1.29 is 8.78 Å². The SMILES string of the molecule is CC[C@H]1CC[C@H](CCc2ccc(-c3ccc(F)c(F)c3)cc2)CC1. The molecule has 2 heteroatoms. The fourth-order valence-electron chi connectivity index (χ4n) is 3.84. The molecule has 0 radical (unpaired) electrons. The predicted octanol–water partition coefficient (Wildman–Crippen LogP) is 6.78. The number of benzene rings is 2. The lowest BCUT2D eigenvalue weighted by atomic mass is 9.78. The van der Waals surface area contributed by atoms with E-state index >= 15 is 0 Å². The first kappa shape index (κ1) is 17.1. The van der Waals surface area contributed by atoms with Crippen LogP contribution >= 0.6 is 0 Å². The van der Waals surface area contributed by atoms with Gasteiger partial charge in [0.1, 0.15) is 0 Å². The quantitative estimate of drug-likeness (QED) is 0.567. The molecule has 1 saturated carbocycles. The van der Waals surface area contributed by atoms with Crippen molar-refractivity contribution in [2.45, 2.75) is 51.9 Å². The van der Waals surface area contributed by atoms with E-state index in [4.69, 9.17) is 0 Å². The molecule has 1 aliphatic carbocycles. The van der Waals surface area contributed by atoms with Gasteiger partial charge in [0.05, 0.1) is 0 Å². The summed E-state index contributed by atoms with van der Waals surface area (Å²) in [6.45, 7) is 2.31. The van der Waals surface area contributed by atoms with Gasteiger partial charge in [0.2, 0.25) is 0 Å². The highest BCUT2D eigenvalue weighted by atomic mass is 19.2. The number of rotatable bonds is 5. The molecule has 2 aromatic carbocycles. The van der Waals surface area contributed by atoms with E-state index in [-0.39, 0.29) is 0 Å². The largest absolute Gasteiger partial charge is 0.204 e. The molecular formula is C22H26F2. The first-order chi connectivity index (χ1) is 11.7. The zero-order chi connectivity index (χ0) is 16.9. The van der Waals surface area contributed by atoms with E-state index in [0.29, 0.717) is 0 Å². The molecule has 0 amide bonds. The molecule has 2 aromatic rings. The number of aryl methyl sites for hydroxylation is 1. The monoisotopic (exact) mass is 328 g/mol. The van der Waals surface area contributed by atoms with E-state index in [1.165, 1.54) is 56.2 Å². The van der Waals surface area contributed by atoms with E-state index < -0.39 is 11.6 Å². The van der Waals surface area contributed by atoms with Crippen LogP contribution in [0.3, 0.4) is 0 Å². The van der Waals surface area contributed by atoms with Gasteiger partial charge in [0.25, 0.3) is 0 Å². The van der Waals surface area contributed by atoms with Crippen LogP contribution in [0.15, 0.2) is 42.5 Å². The minimum absolute atomic E-state index is 0.721. The Morgan fingerprint density at radius 1 is 0.792 bits per heavy atom. The van der Waals surface area contributed by atoms with E-state index in [1.54, 1.807) is 6.07 Å². The van der Waals surface area contributed by atoms with Crippen LogP contribution in [-0.2, 0) is 6.42 Å². The lowest BCUT2D eigenvalue weighted by Crippen LogP contribution is -2.14. The van der Waals surface area contributed by atoms with Crippen LogP contribution in [0.25, 0.3) is 11.1 Å². The van der Waals surface area contributed by atoms with Gasteiger partial charge in [0.15, 0.2) is 11.6 Å². The van der Waals surface area contributed by atoms with Gasteiger partial charge in [-0.25, -0.2) is 8.78 Å². The van der Waals surface area contributed by atoms with Crippen molar-refractivity contribution in [3.8, 4) is 11.1 Å². The van der Waals surface area contributed by atoms with Gasteiger partial charge in [0, 0.05) is 0 Å². The second-order valence-electron chi connectivity index (χ2n) is 7.16. The summed E-state index contributed by atoms with van der Waals surface area (Å²) in [6.07, 6.45) is 9.27. The van der Waals surface area contributed by atoms with Gasteiger partial charge in [-0.2, -0.15) is 0 Å². The average molecular weight is 328 g/mol. The maximum absolute atomic E-state index is 13.3. The molecule has 0 aromatic heterocycles. The van der Waals surface area contributed by atoms with Crippen LogP contribution in [0, 0.1) is 23.5 Å². The maximum Gasteiger partial charge on any atom is 0.159 e. The molecule has 0 saturated heterocycles. The zero-order valence-electron chi connectivity index (χ0n) is 14.4. The van der Waals surface area contributed by atoms with E-state index in [0.717, 1.165) is 29.4 Å². The summed E-state index contributed by atoms with van der Waals surface area (Å²) < 4.78 is 26.4. The minimum atomic E-state index is -0.798. The standard InChI is InChI=1S/C22H26F2/c1-2-16-3-5-17(6-4-16)7-8-18-9-11-19(12-10-18)20-13-14-21(23)22(24)15-20/h9-17H,2-8H2,1H3/t16-,17-. The highest BCUT2D eigenvalue weighted by Gasteiger charge is 2.19. The third kappa shape index (κ3) is 4.23. The van der Waals surface area contributed by atoms with Gasteiger partial charge in [-0.1, -0.05) is 69.4 Å². The Bertz CT molecular complexity index is 652. The van der Waals surface area contributed by atoms with Crippen molar-refractivity contribution >= 4 is 0 Å². The van der Waals surface area contributed by atoms with E-state index in [9.17, 15) is 8.78 Å². The molecule has 128 valence electrons.